The van der Waals surface area contributed by atoms with Crippen molar-refractivity contribution in [3.63, 3.8) is 0 Å². The maximum absolute atomic E-state index is 11.6. The van der Waals surface area contributed by atoms with Gasteiger partial charge in [-0.25, -0.2) is 4.79 Å². The van der Waals surface area contributed by atoms with E-state index in [-0.39, 0.29) is 5.69 Å². The molecule has 0 amide bonds. The summed E-state index contributed by atoms with van der Waals surface area (Å²) in [5.74, 6) is -0.410. The molecule has 6 heteroatoms. The van der Waals surface area contributed by atoms with Crippen LogP contribution < -0.4 is 0 Å². The van der Waals surface area contributed by atoms with Gasteiger partial charge < -0.3 is 4.74 Å². The highest BCUT2D eigenvalue weighted by atomic mass is 35.5. The molecule has 0 aliphatic heterocycles. The molecule has 18 heavy (non-hydrogen) atoms. The summed E-state index contributed by atoms with van der Waals surface area (Å²) < 4.78 is 4.89. The molecule has 0 atom stereocenters. The topological polar surface area (TPSA) is 69.4 Å². The molecule has 0 fully saturated rings. The standard InChI is InChI=1S/C12H10ClNO4/c1-2-18-12(15)8-3-7-4-9(14(16)17)6-11(13)10(7)5-8/h3-4,6H,2,5H2,1H3. The first kappa shape index (κ1) is 12.6. The minimum absolute atomic E-state index is 0.0832. The van der Waals surface area contributed by atoms with Gasteiger partial charge in [0, 0.05) is 24.1 Å². The van der Waals surface area contributed by atoms with Crippen LogP contribution in [-0.4, -0.2) is 17.5 Å². The normalized spacial score (nSPS) is 12.9. The number of esters is 1. The van der Waals surface area contributed by atoms with Crippen molar-refractivity contribution in [2.75, 3.05) is 6.61 Å². The molecule has 0 aromatic heterocycles. The van der Waals surface area contributed by atoms with Crippen molar-refractivity contribution in [3.8, 4) is 0 Å². The number of fused-ring (bicyclic) bond motifs is 1. The van der Waals surface area contributed by atoms with Gasteiger partial charge in [-0.3, -0.25) is 10.1 Å². The molecule has 2 rings (SSSR count). The molecule has 0 spiro atoms. The van der Waals surface area contributed by atoms with Crippen molar-refractivity contribution < 1.29 is 14.5 Å². The fourth-order valence-corrected chi connectivity index (χ4v) is 2.14. The number of nitro groups is 1. The van der Waals surface area contributed by atoms with E-state index in [1.807, 2.05) is 0 Å². The summed E-state index contributed by atoms with van der Waals surface area (Å²) in [4.78, 5) is 21.8. The second-order valence-corrected chi connectivity index (χ2v) is 4.23. The summed E-state index contributed by atoms with van der Waals surface area (Å²) in [7, 11) is 0. The van der Waals surface area contributed by atoms with Crippen LogP contribution in [0.3, 0.4) is 0 Å². The third-order valence-electron chi connectivity index (χ3n) is 2.66. The van der Waals surface area contributed by atoms with E-state index in [1.54, 1.807) is 13.0 Å². The molecule has 0 N–H and O–H groups in total. The van der Waals surface area contributed by atoms with E-state index in [1.165, 1.54) is 12.1 Å². The smallest absolute Gasteiger partial charge is 0.334 e. The summed E-state index contributed by atoms with van der Waals surface area (Å²) in [6.07, 6.45) is 1.94. The SMILES string of the molecule is CCOC(=O)C1=Cc2cc([N+](=O)[O-])cc(Cl)c2C1. The first-order chi connectivity index (χ1) is 8.52. The number of benzene rings is 1. The predicted octanol–water partition coefficient (Wildman–Crippen LogP) is 2.75. The number of halogens is 1. The monoisotopic (exact) mass is 267 g/mol. The van der Waals surface area contributed by atoms with Gasteiger partial charge in [0.25, 0.3) is 5.69 Å². The maximum atomic E-state index is 11.6. The Morgan fingerprint density at radius 2 is 2.28 bits per heavy atom. The van der Waals surface area contributed by atoms with Crippen LogP contribution in [0.5, 0.6) is 0 Å². The van der Waals surface area contributed by atoms with Crippen LogP contribution in [-0.2, 0) is 16.0 Å². The van der Waals surface area contributed by atoms with E-state index in [4.69, 9.17) is 16.3 Å². The number of nitrogens with zero attached hydrogens (tertiary/aromatic N) is 1. The lowest BCUT2D eigenvalue weighted by molar-refractivity contribution is -0.384. The average Bonchev–Trinajstić information content (AvgIpc) is 2.73. The zero-order chi connectivity index (χ0) is 13.3. The predicted molar refractivity (Wildman–Crippen MR) is 66.4 cm³/mol. The number of rotatable bonds is 3. The van der Waals surface area contributed by atoms with Crippen molar-refractivity contribution in [1.29, 1.82) is 0 Å². The number of ether oxygens (including phenoxy) is 1. The highest BCUT2D eigenvalue weighted by Crippen LogP contribution is 2.34. The summed E-state index contributed by atoms with van der Waals surface area (Å²) in [6, 6.07) is 2.70. The fraction of sp³-hybridized carbons (Fsp3) is 0.250. The van der Waals surface area contributed by atoms with E-state index in [0.717, 1.165) is 5.56 Å². The van der Waals surface area contributed by atoms with E-state index >= 15 is 0 Å². The number of carbonyl (C=O) groups is 1. The zero-order valence-corrected chi connectivity index (χ0v) is 10.4. The van der Waals surface area contributed by atoms with Crippen molar-refractivity contribution in [2.45, 2.75) is 13.3 Å². The lowest BCUT2D eigenvalue weighted by Gasteiger charge is -2.03. The quantitative estimate of drug-likeness (QED) is 0.480. The van der Waals surface area contributed by atoms with Crippen molar-refractivity contribution >= 4 is 29.3 Å². The summed E-state index contributed by atoms with van der Waals surface area (Å²) in [5.41, 5.74) is 1.72. The first-order valence-corrected chi connectivity index (χ1v) is 5.75. The third-order valence-corrected chi connectivity index (χ3v) is 3.00. The summed E-state index contributed by atoms with van der Waals surface area (Å²) >= 11 is 5.98. The Balaban J connectivity index is 2.37. The fourth-order valence-electron chi connectivity index (χ4n) is 1.85. The maximum Gasteiger partial charge on any atom is 0.334 e. The Bertz CT molecular complexity index is 565. The Labute approximate surface area is 108 Å². The molecule has 0 saturated carbocycles. The molecule has 0 bridgehead atoms. The molecule has 0 heterocycles. The molecule has 0 saturated heterocycles. The molecule has 1 aliphatic rings. The first-order valence-electron chi connectivity index (χ1n) is 5.37. The van der Waals surface area contributed by atoms with Gasteiger partial charge in [0.2, 0.25) is 0 Å². The number of nitro benzene ring substituents is 1. The van der Waals surface area contributed by atoms with Gasteiger partial charge in [-0.2, -0.15) is 0 Å². The number of hydrogen-bond acceptors (Lipinski definition) is 4. The van der Waals surface area contributed by atoms with Crippen molar-refractivity contribution in [2.24, 2.45) is 0 Å². The Morgan fingerprint density at radius 1 is 1.56 bits per heavy atom. The number of hydrogen-bond donors (Lipinski definition) is 0. The minimum atomic E-state index is -0.512. The molecule has 0 radical (unpaired) electrons. The molecule has 5 nitrogen and oxygen atoms in total. The summed E-state index contributed by atoms with van der Waals surface area (Å²) in [5, 5.41) is 11.0. The Hall–Kier alpha value is -1.88. The second-order valence-electron chi connectivity index (χ2n) is 3.82. The van der Waals surface area contributed by atoms with Gasteiger partial charge >= 0.3 is 5.97 Å². The minimum Gasteiger partial charge on any atom is -0.463 e. The molecule has 1 aromatic rings. The Morgan fingerprint density at radius 3 is 2.89 bits per heavy atom. The molecule has 0 unspecified atom stereocenters. The zero-order valence-electron chi connectivity index (χ0n) is 9.60. The van der Waals surface area contributed by atoms with Gasteiger partial charge in [0.05, 0.1) is 16.6 Å². The molecule has 1 aromatic carbocycles. The van der Waals surface area contributed by atoms with Crippen LogP contribution in [0.25, 0.3) is 6.08 Å². The van der Waals surface area contributed by atoms with E-state index in [2.05, 4.69) is 0 Å². The second kappa shape index (κ2) is 4.78. The number of carbonyl (C=O) groups excluding carboxylic acids is 1. The van der Waals surface area contributed by atoms with Crippen LogP contribution in [0.4, 0.5) is 5.69 Å². The molecule has 94 valence electrons. The van der Waals surface area contributed by atoms with E-state index < -0.39 is 10.9 Å². The third kappa shape index (κ3) is 2.22. The van der Waals surface area contributed by atoms with Crippen LogP contribution >= 0.6 is 11.6 Å². The van der Waals surface area contributed by atoms with Gasteiger partial charge in [0.15, 0.2) is 0 Å². The van der Waals surface area contributed by atoms with E-state index in [0.29, 0.717) is 29.2 Å². The lowest BCUT2D eigenvalue weighted by Crippen LogP contribution is -2.07. The van der Waals surface area contributed by atoms with Gasteiger partial charge in [0.1, 0.15) is 0 Å². The van der Waals surface area contributed by atoms with Gasteiger partial charge in [-0.05, 0) is 24.1 Å². The van der Waals surface area contributed by atoms with Gasteiger partial charge in [-0.15, -0.1) is 0 Å². The summed E-state index contributed by atoms with van der Waals surface area (Å²) in [6.45, 7) is 2.01. The molecular formula is C12H10ClNO4. The lowest BCUT2D eigenvalue weighted by atomic mass is 10.1. The Kier molecular flexibility index (Phi) is 3.34. The number of non-ortho nitro benzene ring substituents is 1. The van der Waals surface area contributed by atoms with Crippen molar-refractivity contribution in [3.05, 3.63) is 44.0 Å². The molecule has 1 aliphatic carbocycles. The van der Waals surface area contributed by atoms with Gasteiger partial charge in [-0.1, -0.05) is 11.6 Å². The van der Waals surface area contributed by atoms with Crippen molar-refractivity contribution in [1.82, 2.24) is 0 Å². The van der Waals surface area contributed by atoms with E-state index in [9.17, 15) is 14.9 Å². The van der Waals surface area contributed by atoms with Crippen LogP contribution in [0.1, 0.15) is 18.1 Å². The van der Waals surface area contributed by atoms with Crippen LogP contribution in [0.15, 0.2) is 17.7 Å². The largest absolute Gasteiger partial charge is 0.463 e. The van der Waals surface area contributed by atoms with Crippen LogP contribution in [0.2, 0.25) is 5.02 Å². The highest BCUT2D eigenvalue weighted by molar-refractivity contribution is 6.32. The average molecular weight is 268 g/mol. The van der Waals surface area contributed by atoms with Crippen LogP contribution in [0, 0.1) is 10.1 Å². The highest BCUT2D eigenvalue weighted by Gasteiger charge is 2.24. The molecular weight excluding hydrogens is 258 g/mol.